The van der Waals surface area contributed by atoms with E-state index in [1.165, 1.54) is 0 Å². The molecule has 51 valence electrons. The second-order valence-corrected chi connectivity index (χ2v) is 1.41. The van der Waals surface area contributed by atoms with E-state index in [0.29, 0.717) is 0 Å². The Morgan fingerprint density at radius 2 is 0.900 bits per heavy atom. The molecule has 0 fully saturated rings. The monoisotopic (exact) mass is 137 g/mol. The zero-order chi connectivity index (χ0) is 6.85. The molecule has 0 aliphatic carbocycles. The molecule has 0 bridgehead atoms. The molecule has 1 aromatic heterocycles. The summed E-state index contributed by atoms with van der Waals surface area (Å²) in [4.78, 5) is 10.5. The molecule has 0 aromatic carbocycles. The Morgan fingerprint density at radius 1 is 0.700 bits per heavy atom. The fourth-order valence-electron chi connectivity index (χ4n) is 0.427. The average molecular weight is 137 g/mol. The lowest BCUT2D eigenvalue weighted by Crippen LogP contribution is -2.05. The van der Waals surface area contributed by atoms with Crippen LogP contribution in [0.4, 0.5) is 17.8 Å². The zero-order valence-electron chi connectivity index (χ0n) is 5.15. The predicted molar refractivity (Wildman–Crippen MR) is 38.8 cm³/mol. The molecule has 0 unspecified atom stereocenters. The van der Waals surface area contributed by atoms with Crippen LogP contribution in [0.1, 0.15) is 0 Å². The molecule has 10 heavy (non-hydrogen) atoms. The van der Waals surface area contributed by atoms with E-state index in [2.05, 4.69) is 15.0 Å². The van der Waals surface area contributed by atoms with Crippen LogP contribution >= 0.6 is 0 Å². The van der Waals surface area contributed by atoms with Crippen LogP contribution in [0.2, 0.25) is 0 Å². The Balaban J connectivity index is 0.000000810. The number of nitrogens with two attached hydrogens (primary N) is 3. The summed E-state index contributed by atoms with van der Waals surface area (Å²) in [7, 11) is 0. The van der Waals surface area contributed by atoms with Gasteiger partial charge in [-0.05, 0) is 0 Å². The van der Waals surface area contributed by atoms with E-state index >= 15 is 0 Å². The van der Waals surface area contributed by atoms with Gasteiger partial charge in [0.25, 0.3) is 0 Å². The van der Waals surface area contributed by atoms with Crippen LogP contribution in [-0.2, 0) is 0 Å². The first-order chi connectivity index (χ1) is 4.18. The number of nitrogens with zero attached hydrogens (tertiary/aromatic N) is 3. The Bertz CT molecular complexity index is 174. The molecule has 6 N–H and O–H groups in total. The first kappa shape index (κ1) is 8.47. The number of anilines is 3. The summed E-state index contributed by atoms with van der Waals surface area (Å²) in [6, 6.07) is 0. The number of hydrogen-bond acceptors (Lipinski definition) is 6. The molecule has 1 heterocycles. The zero-order valence-corrected chi connectivity index (χ0v) is 5.15. The van der Waals surface area contributed by atoms with Crippen molar-refractivity contribution in [2.45, 2.75) is 0 Å². The van der Waals surface area contributed by atoms with Gasteiger partial charge in [0.2, 0.25) is 17.8 Å². The van der Waals surface area contributed by atoms with Gasteiger partial charge in [0.15, 0.2) is 0 Å². The highest BCUT2D eigenvalue weighted by Crippen LogP contribution is 1.97. The van der Waals surface area contributed by atoms with Crippen molar-refractivity contribution in [3.05, 3.63) is 0 Å². The minimum Gasteiger partial charge on any atom is -0.368 e. The van der Waals surface area contributed by atoms with Crippen molar-refractivity contribution in [2.75, 3.05) is 17.2 Å². The van der Waals surface area contributed by atoms with Gasteiger partial charge in [0.05, 0.1) is 0 Å². The maximum Gasteiger partial charge on any atom is 0.226 e. The molecular weight excluding hydrogens is 131 g/mol. The summed E-state index contributed by atoms with van der Waals surface area (Å²) in [6.07, 6.45) is 0. The van der Waals surface area contributed by atoms with Crippen molar-refractivity contribution in [1.82, 2.24) is 15.0 Å². The van der Waals surface area contributed by atoms with Crippen molar-refractivity contribution in [3.63, 3.8) is 0 Å². The lowest BCUT2D eigenvalue weighted by atomic mass is 10.8. The highest BCUT2D eigenvalue weighted by Gasteiger charge is 1.93. The number of aromatic nitrogens is 3. The minimum absolute atomic E-state index is 0. The molecule has 6 nitrogen and oxygen atoms in total. The fraction of sp³-hybridized carbons (Fsp3) is 0. The Kier molecular flexibility index (Phi) is 2.42. The summed E-state index contributed by atoms with van der Waals surface area (Å²) in [5, 5.41) is 0. The summed E-state index contributed by atoms with van der Waals surface area (Å²) < 4.78 is 0. The predicted octanol–water partition coefficient (Wildman–Crippen LogP) is -1.76. The van der Waals surface area contributed by atoms with Crippen LogP contribution in [-0.4, -0.2) is 23.4 Å². The highest BCUT2D eigenvalue weighted by molar-refractivity contribution is 5.75. The highest BCUT2D eigenvalue weighted by atomic mass is 15.2. The van der Waals surface area contributed by atoms with Crippen LogP contribution < -0.4 is 17.2 Å². The summed E-state index contributed by atoms with van der Waals surface area (Å²) in [5.74, 6) is 0.125. The normalized spacial score (nSPS) is 8.40. The van der Waals surface area contributed by atoms with Gasteiger partial charge in [-0.2, -0.15) is 15.0 Å². The van der Waals surface area contributed by atoms with E-state index in [9.17, 15) is 0 Å². The molecule has 0 aliphatic rings. The number of nitrogen functional groups attached to an aromatic ring is 3. The fourth-order valence-corrected chi connectivity index (χ4v) is 0.427. The quantitative estimate of drug-likeness (QED) is 0.364. The van der Waals surface area contributed by atoms with E-state index in [-0.39, 0.29) is 26.3 Å². The van der Waals surface area contributed by atoms with Crippen molar-refractivity contribution in [1.29, 1.82) is 0 Å². The molecule has 0 aliphatic heterocycles. The third kappa shape index (κ3) is 1.77. The van der Waals surface area contributed by atoms with Crippen molar-refractivity contribution < 1.29 is 0 Å². The topological polar surface area (TPSA) is 117 Å². The molecule has 3 radical (unpaired) electrons. The Labute approximate surface area is 59.4 Å². The molecule has 0 spiro atoms. The molecular formula is C3H6BN6. The van der Waals surface area contributed by atoms with E-state index in [0.717, 1.165) is 0 Å². The molecule has 1 rings (SSSR count). The average Bonchev–Trinajstić information content (AvgIpc) is 1.59. The van der Waals surface area contributed by atoms with Gasteiger partial charge in [0.1, 0.15) is 0 Å². The molecule has 7 heteroatoms. The molecule has 1 aromatic rings. The van der Waals surface area contributed by atoms with Crippen LogP contribution in [0.15, 0.2) is 0 Å². The summed E-state index contributed by atoms with van der Waals surface area (Å²) in [5.41, 5.74) is 15.4. The Morgan fingerprint density at radius 3 is 1.10 bits per heavy atom. The molecule has 0 atom stereocenters. The van der Waals surface area contributed by atoms with Crippen molar-refractivity contribution >= 4 is 26.3 Å². The van der Waals surface area contributed by atoms with Gasteiger partial charge in [-0.3, -0.25) is 0 Å². The maximum absolute atomic E-state index is 5.14. The van der Waals surface area contributed by atoms with Crippen LogP contribution in [0, 0.1) is 0 Å². The smallest absolute Gasteiger partial charge is 0.226 e. The Hall–Kier alpha value is -1.53. The van der Waals surface area contributed by atoms with E-state index in [4.69, 9.17) is 17.2 Å². The van der Waals surface area contributed by atoms with Crippen molar-refractivity contribution in [3.8, 4) is 0 Å². The second-order valence-electron chi connectivity index (χ2n) is 1.41. The molecule has 0 amide bonds. The second kappa shape index (κ2) is 2.86. The first-order valence-electron chi connectivity index (χ1n) is 2.21. The van der Waals surface area contributed by atoms with Gasteiger partial charge in [-0.15, -0.1) is 0 Å². The van der Waals surface area contributed by atoms with Crippen molar-refractivity contribution in [2.24, 2.45) is 0 Å². The van der Waals surface area contributed by atoms with E-state index in [1.807, 2.05) is 0 Å². The number of rotatable bonds is 0. The maximum atomic E-state index is 5.14. The lowest BCUT2D eigenvalue weighted by Gasteiger charge is -1.93. The van der Waals surface area contributed by atoms with Crippen LogP contribution in [0.3, 0.4) is 0 Å². The minimum atomic E-state index is 0. The van der Waals surface area contributed by atoms with Crippen LogP contribution in [0.5, 0.6) is 0 Å². The third-order valence-corrected chi connectivity index (χ3v) is 0.687. The van der Waals surface area contributed by atoms with E-state index in [1.54, 1.807) is 0 Å². The third-order valence-electron chi connectivity index (χ3n) is 0.687. The van der Waals surface area contributed by atoms with Gasteiger partial charge < -0.3 is 17.2 Å². The van der Waals surface area contributed by atoms with Gasteiger partial charge in [0, 0.05) is 8.41 Å². The molecule has 0 saturated heterocycles. The van der Waals surface area contributed by atoms with Crippen LogP contribution in [0.25, 0.3) is 0 Å². The largest absolute Gasteiger partial charge is 0.368 e. The van der Waals surface area contributed by atoms with E-state index < -0.39 is 0 Å². The van der Waals surface area contributed by atoms with Gasteiger partial charge in [-0.1, -0.05) is 0 Å². The van der Waals surface area contributed by atoms with Gasteiger partial charge >= 0.3 is 0 Å². The van der Waals surface area contributed by atoms with Gasteiger partial charge in [-0.25, -0.2) is 0 Å². The molecule has 0 saturated carbocycles. The SMILES string of the molecule is Nc1nc(N)nc(N)n1.[B]. The lowest BCUT2D eigenvalue weighted by molar-refractivity contribution is 1.09. The standard InChI is InChI=1S/C3H6N6.B/c4-1-7-2(5)9-3(6)8-1;/h(H6,4,5,6,7,8,9);. The number of hydrogen-bond donors (Lipinski definition) is 3. The summed E-state index contributed by atoms with van der Waals surface area (Å²) >= 11 is 0. The summed E-state index contributed by atoms with van der Waals surface area (Å²) in [6.45, 7) is 0. The first-order valence-corrected chi connectivity index (χ1v) is 2.21.